The minimum absolute atomic E-state index is 0.0294. The molecular formula is C23H27N3O8. The number of methoxy groups -OCH3 is 2. The zero-order chi connectivity index (χ0) is 24.8. The Labute approximate surface area is 196 Å². The number of pyridine rings is 1. The highest BCUT2D eigenvalue weighted by Crippen LogP contribution is 2.28. The molecule has 0 atom stereocenters. The van der Waals surface area contributed by atoms with Gasteiger partial charge in [0, 0.05) is 24.7 Å². The second kappa shape index (κ2) is 14.2. The molecule has 1 aromatic carbocycles. The van der Waals surface area contributed by atoms with Crippen molar-refractivity contribution in [1.29, 1.82) is 0 Å². The van der Waals surface area contributed by atoms with Crippen LogP contribution < -0.4 is 20.1 Å². The van der Waals surface area contributed by atoms with Gasteiger partial charge in [0.2, 0.25) is 0 Å². The quantitative estimate of drug-likeness (QED) is 0.283. The average molecular weight is 473 g/mol. The molecule has 1 heterocycles. The lowest BCUT2D eigenvalue weighted by Crippen LogP contribution is -2.29. The van der Waals surface area contributed by atoms with Crippen molar-refractivity contribution in [3.63, 3.8) is 0 Å². The normalized spacial score (nSPS) is 10.2. The SMILES string of the molecule is COC(=O)COc1ccc(C(=O)CNCC(=O)CCNc2ccccn2)cc1OCC(=O)OC. The van der Waals surface area contributed by atoms with Crippen molar-refractivity contribution < 1.29 is 38.1 Å². The number of nitrogens with one attached hydrogen (secondary N) is 2. The molecule has 11 heteroatoms. The lowest BCUT2D eigenvalue weighted by atomic mass is 10.1. The van der Waals surface area contributed by atoms with Crippen LogP contribution in [0.15, 0.2) is 42.6 Å². The van der Waals surface area contributed by atoms with Crippen LogP contribution >= 0.6 is 0 Å². The van der Waals surface area contributed by atoms with E-state index in [-0.39, 0.29) is 54.7 Å². The summed E-state index contributed by atoms with van der Waals surface area (Å²) in [7, 11) is 2.43. The van der Waals surface area contributed by atoms with Gasteiger partial charge in [-0.1, -0.05) is 6.07 Å². The van der Waals surface area contributed by atoms with Gasteiger partial charge in [-0.05, 0) is 30.3 Å². The number of nitrogens with zero attached hydrogens (tertiary/aromatic N) is 1. The fourth-order valence-electron chi connectivity index (χ4n) is 2.61. The van der Waals surface area contributed by atoms with Crippen molar-refractivity contribution in [2.45, 2.75) is 6.42 Å². The number of esters is 2. The van der Waals surface area contributed by atoms with Crippen LogP contribution in [0.3, 0.4) is 0 Å². The van der Waals surface area contributed by atoms with Gasteiger partial charge in [-0.3, -0.25) is 9.59 Å². The van der Waals surface area contributed by atoms with Crippen LogP contribution in [-0.4, -0.2) is 75.6 Å². The third-order valence-electron chi connectivity index (χ3n) is 4.39. The van der Waals surface area contributed by atoms with Crippen molar-refractivity contribution in [3.8, 4) is 11.5 Å². The van der Waals surface area contributed by atoms with E-state index in [1.807, 2.05) is 6.07 Å². The molecule has 0 saturated carbocycles. The van der Waals surface area contributed by atoms with Crippen LogP contribution in [-0.2, 0) is 23.9 Å². The summed E-state index contributed by atoms with van der Waals surface area (Å²) in [5, 5.41) is 5.87. The van der Waals surface area contributed by atoms with E-state index in [0.29, 0.717) is 12.4 Å². The van der Waals surface area contributed by atoms with Gasteiger partial charge in [-0.25, -0.2) is 14.6 Å². The van der Waals surface area contributed by atoms with Crippen LogP contribution in [0, 0.1) is 0 Å². The van der Waals surface area contributed by atoms with Gasteiger partial charge in [-0.15, -0.1) is 0 Å². The van der Waals surface area contributed by atoms with Crippen LogP contribution in [0.5, 0.6) is 11.5 Å². The number of benzene rings is 1. The predicted molar refractivity (Wildman–Crippen MR) is 121 cm³/mol. The number of aromatic nitrogens is 1. The van der Waals surface area contributed by atoms with Gasteiger partial charge in [0.05, 0.1) is 27.3 Å². The van der Waals surface area contributed by atoms with Gasteiger partial charge in [-0.2, -0.15) is 0 Å². The Balaban J connectivity index is 1.87. The van der Waals surface area contributed by atoms with Crippen molar-refractivity contribution in [2.75, 3.05) is 52.4 Å². The first-order valence-corrected chi connectivity index (χ1v) is 10.4. The molecule has 0 radical (unpaired) electrons. The number of ether oxygens (including phenoxy) is 4. The third-order valence-corrected chi connectivity index (χ3v) is 4.39. The Hall–Kier alpha value is -3.99. The minimum Gasteiger partial charge on any atom is -0.478 e. The van der Waals surface area contributed by atoms with Crippen LogP contribution in [0.1, 0.15) is 16.8 Å². The number of anilines is 1. The van der Waals surface area contributed by atoms with Crippen molar-refractivity contribution in [3.05, 3.63) is 48.2 Å². The van der Waals surface area contributed by atoms with E-state index in [2.05, 4.69) is 25.1 Å². The highest BCUT2D eigenvalue weighted by atomic mass is 16.6. The lowest BCUT2D eigenvalue weighted by molar-refractivity contribution is -0.144. The van der Waals surface area contributed by atoms with Crippen molar-refractivity contribution in [1.82, 2.24) is 10.3 Å². The summed E-state index contributed by atoms with van der Waals surface area (Å²) in [6.45, 7) is -0.418. The number of rotatable bonds is 15. The van der Waals surface area contributed by atoms with E-state index in [0.717, 1.165) is 0 Å². The van der Waals surface area contributed by atoms with Gasteiger partial charge in [0.1, 0.15) is 11.6 Å². The highest BCUT2D eigenvalue weighted by Gasteiger charge is 2.15. The Morgan fingerprint density at radius 2 is 1.59 bits per heavy atom. The van der Waals surface area contributed by atoms with Crippen LogP contribution in [0.4, 0.5) is 5.82 Å². The molecule has 11 nitrogen and oxygen atoms in total. The topological polar surface area (TPSA) is 142 Å². The van der Waals surface area contributed by atoms with Gasteiger partial charge < -0.3 is 29.6 Å². The van der Waals surface area contributed by atoms with E-state index < -0.39 is 18.5 Å². The summed E-state index contributed by atoms with van der Waals surface area (Å²) < 4.78 is 19.8. The second-order valence-corrected chi connectivity index (χ2v) is 6.85. The second-order valence-electron chi connectivity index (χ2n) is 6.85. The summed E-state index contributed by atoms with van der Waals surface area (Å²) in [6, 6.07) is 9.76. The van der Waals surface area contributed by atoms with Crippen LogP contribution in [0.25, 0.3) is 0 Å². The van der Waals surface area contributed by atoms with Crippen molar-refractivity contribution >= 4 is 29.3 Å². The van der Waals surface area contributed by atoms with Crippen molar-refractivity contribution in [2.24, 2.45) is 0 Å². The molecule has 0 aliphatic carbocycles. The average Bonchev–Trinajstić information content (AvgIpc) is 2.86. The molecular weight excluding hydrogens is 446 g/mol. The molecule has 0 spiro atoms. The Morgan fingerprint density at radius 1 is 0.882 bits per heavy atom. The molecule has 2 aromatic rings. The maximum Gasteiger partial charge on any atom is 0.343 e. The Bertz CT molecular complexity index is 981. The van der Waals surface area contributed by atoms with E-state index in [1.54, 1.807) is 18.3 Å². The molecule has 0 bridgehead atoms. The summed E-state index contributed by atoms with van der Waals surface area (Å²) >= 11 is 0. The zero-order valence-corrected chi connectivity index (χ0v) is 19.0. The number of Topliss-reactive ketones (excluding diaryl/α,β-unsaturated/α-hetero) is 2. The molecule has 0 fully saturated rings. The van der Waals surface area contributed by atoms with E-state index in [1.165, 1.54) is 32.4 Å². The first-order valence-electron chi connectivity index (χ1n) is 10.4. The maximum atomic E-state index is 12.5. The summed E-state index contributed by atoms with van der Waals surface area (Å²) in [5.74, 6) is -0.697. The van der Waals surface area contributed by atoms with E-state index in [9.17, 15) is 19.2 Å². The first kappa shape index (κ1) is 26.3. The smallest absolute Gasteiger partial charge is 0.343 e. The van der Waals surface area contributed by atoms with Gasteiger partial charge in [0.25, 0.3) is 0 Å². The number of carbonyl (C=O) groups is 4. The summed E-state index contributed by atoms with van der Waals surface area (Å²) in [6.07, 6.45) is 1.93. The summed E-state index contributed by atoms with van der Waals surface area (Å²) in [4.78, 5) is 51.4. The molecule has 0 aliphatic heterocycles. The monoisotopic (exact) mass is 473 g/mol. The number of hydrogen-bond acceptors (Lipinski definition) is 11. The van der Waals surface area contributed by atoms with Gasteiger partial charge in [0.15, 0.2) is 30.5 Å². The Morgan fingerprint density at radius 3 is 2.24 bits per heavy atom. The largest absolute Gasteiger partial charge is 0.478 e. The van der Waals surface area contributed by atoms with Crippen LogP contribution in [0.2, 0.25) is 0 Å². The highest BCUT2D eigenvalue weighted by molar-refractivity contribution is 5.98. The lowest BCUT2D eigenvalue weighted by Gasteiger charge is -2.13. The molecule has 182 valence electrons. The standard InChI is InChI=1S/C23H27N3O8/c1-31-22(29)14-33-19-7-6-16(11-20(19)34-15-23(30)32-2)18(28)13-24-12-17(27)8-10-26-21-5-3-4-9-25-21/h3-7,9,11,24H,8,10,12-15H2,1-2H3,(H,25,26). The zero-order valence-electron chi connectivity index (χ0n) is 19.0. The number of ketones is 2. The fraction of sp³-hybridized carbons (Fsp3) is 0.348. The number of carbonyl (C=O) groups excluding carboxylic acids is 4. The molecule has 34 heavy (non-hydrogen) atoms. The third kappa shape index (κ3) is 9.25. The molecule has 2 N–H and O–H groups in total. The molecule has 1 aromatic heterocycles. The summed E-state index contributed by atoms with van der Waals surface area (Å²) in [5.41, 5.74) is 0.266. The molecule has 0 amide bonds. The molecule has 0 aliphatic rings. The number of hydrogen-bond donors (Lipinski definition) is 2. The minimum atomic E-state index is -0.631. The van der Waals surface area contributed by atoms with E-state index in [4.69, 9.17) is 9.47 Å². The maximum absolute atomic E-state index is 12.5. The molecule has 2 rings (SSSR count). The van der Waals surface area contributed by atoms with Gasteiger partial charge >= 0.3 is 11.9 Å². The Kier molecular flexibility index (Phi) is 11.0. The fourth-order valence-corrected chi connectivity index (χ4v) is 2.61. The first-order chi connectivity index (χ1) is 16.4. The molecule has 0 saturated heterocycles. The molecule has 0 unspecified atom stereocenters. The predicted octanol–water partition coefficient (Wildman–Crippen LogP) is 1.03. The van der Waals surface area contributed by atoms with E-state index >= 15 is 0 Å².